The lowest BCUT2D eigenvalue weighted by Gasteiger charge is -2.10. The van der Waals surface area contributed by atoms with E-state index in [1.54, 1.807) is 18.3 Å². The maximum absolute atomic E-state index is 11.9. The molecule has 3 N–H and O–H groups in total. The van der Waals surface area contributed by atoms with Gasteiger partial charge in [0.2, 0.25) is 0 Å². The summed E-state index contributed by atoms with van der Waals surface area (Å²) < 4.78 is 37.1. The van der Waals surface area contributed by atoms with Crippen LogP contribution in [0.25, 0.3) is 22.7 Å². The maximum Gasteiger partial charge on any atom is 0.490 e. The average Bonchev–Trinajstić information content (AvgIpc) is 3.36. The first-order chi connectivity index (χ1) is 14.2. The third-order valence-electron chi connectivity index (χ3n) is 4.11. The number of nitrogens with one attached hydrogen (secondary N) is 2. The number of H-pyrrole nitrogens is 1. The van der Waals surface area contributed by atoms with Gasteiger partial charge in [-0.1, -0.05) is 0 Å². The fourth-order valence-electron chi connectivity index (χ4n) is 2.74. The van der Waals surface area contributed by atoms with Gasteiger partial charge in [0, 0.05) is 36.1 Å². The minimum absolute atomic E-state index is 0.0512. The molecule has 1 aliphatic heterocycles. The van der Waals surface area contributed by atoms with Crippen molar-refractivity contribution in [3.05, 3.63) is 53.5 Å². The Morgan fingerprint density at radius 2 is 1.97 bits per heavy atom. The van der Waals surface area contributed by atoms with Gasteiger partial charge in [0.25, 0.3) is 5.91 Å². The molecular weight excluding hydrogens is 407 g/mol. The summed E-state index contributed by atoms with van der Waals surface area (Å²) in [7, 11) is 0. The normalized spacial score (nSPS) is 13.0. The van der Waals surface area contributed by atoms with Crippen molar-refractivity contribution >= 4 is 18.2 Å². The second-order valence-corrected chi connectivity index (χ2v) is 6.13. The number of aromatic nitrogens is 2. The van der Waals surface area contributed by atoms with Crippen molar-refractivity contribution in [3.63, 3.8) is 0 Å². The van der Waals surface area contributed by atoms with E-state index in [1.807, 2.05) is 18.2 Å². The van der Waals surface area contributed by atoms with Gasteiger partial charge in [-0.15, -0.1) is 0 Å². The van der Waals surface area contributed by atoms with Crippen molar-refractivity contribution in [1.82, 2.24) is 15.3 Å². The molecule has 0 saturated heterocycles. The van der Waals surface area contributed by atoms with E-state index in [0.717, 1.165) is 23.4 Å². The Bertz CT molecular complexity index is 1100. The van der Waals surface area contributed by atoms with E-state index < -0.39 is 12.1 Å². The van der Waals surface area contributed by atoms with E-state index in [4.69, 9.17) is 14.3 Å². The number of alkyl halides is 3. The molecule has 4 rings (SSSR count). The first-order valence-electron chi connectivity index (χ1n) is 8.51. The number of carbonyl (C=O) groups excluding carboxylic acids is 2. The number of fused-ring (bicyclic) bond motifs is 1. The fourth-order valence-corrected chi connectivity index (χ4v) is 2.74. The van der Waals surface area contributed by atoms with Crippen LogP contribution in [-0.2, 0) is 11.2 Å². The molecule has 0 atom stereocenters. The molecule has 0 aliphatic carbocycles. The quantitative estimate of drug-likeness (QED) is 0.558. The van der Waals surface area contributed by atoms with Gasteiger partial charge in [-0.3, -0.25) is 14.6 Å². The molecular formula is C19H14F3N3O5. The minimum Gasteiger partial charge on any atom is -0.475 e. The van der Waals surface area contributed by atoms with Crippen LogP contribution in [0, 0.1) is 0 Å². The molecule has 11 heteroatoms. The standard InChI is InChI=1S/C17H13N3O3.C2HF3O2/c21-9-11-1-2-16(23-11)15-7-10(3-5-18-15)14-8-12-13(20-14)4-6-19-17(12)22;3-2(4,5)1(6)7/h1-3,5,7-9,20H,4,6H2,(H,19,22);(H,6,7). The van der Waals surface area contributed by atoms with Gasteiger partial charge < -0.3 is 19.8 Å². The molecule has 0 unspecified atom stereocenters. The van der Waals surface area contributed by atoms with Crippen molar-refractivity contribution in [2.75, 3.05) is 6.54 Å². The van der Waals surface area contributed by atoms with E-state index >= 15 is 0 Å². The molecule has 0 bridgehead atoms. The highest BCUT2D eigenvalue weighted by Gasteiger charge is 2.38. The summed E-state index contributed by atoms with van der Waals surface area (Å²) in [5, 5.41) is 9.96. The third-order valence-corrected chi connectivity index (χ3v) is 4.11. The number of carbonyl (C=O) groups is 3. The van der Waals surface area contributed by atoms with E-state index in [0.29, 0.717) is 29.8 Å². The number of halogens is 3. The molecule has 0 fully saturated rings. The lowest BCUT2D eigenvalue weighted by Crippen LogP contribution is -2.31. The summed E-state index contributed by atoms with van der Waals surface area (Å²) in [6, 6.07) is 8.89. The first-order valence-corrected chi connectivity index (χ1v) is 8.51. The van der Waals surface area contributed by atoms with Crippen LogP contribution in [0.3, 0.4) is 0 Å². The molecule has 0 aromatic carbocycles. The zero-order chi connectivity index (χ0) is 21.9. The lowest BCUT2D eigenvalue weighted by molar-refractivity contribution is -0.192. The first kappa shape index (κ1) is 20.8. The largest absolute Gasteiger partial charge is 0.490 e. The van der Waals surface area contributed by atoms with Gasteiger partial charge in [0.15, 0.2) is 17.8 Å². The number of hydrogen-bond acceptors (Lipinski definition) is 5. The Balaban J connectivity index is 0.000000318. The van der Waals surface area contributed by atoms with Crippen LogP contribution in [-0.4, -0.2) is 46.0 Å². The molecule has 0 radical (unpaired) electrons. The van der Waals surface area contributed by atoms with Crippen molar-refractivity contribution < 1.29 is 37.1 Å². The summed E-state index contributed by atoms with van der Waals surface area (Å²) in [6.07, 6.45) is -1.96. The predicted octanol–water partition coefficient (Wildman–Crippen LogP) is 3.07. The summed E-state index contributed by atoms with van der Waals surface area (Å²) in [4.78, 5) is 39.1. The Labute approximate surface area is 166 Å². The number of carboxylic acid groups (broad SMARTS) is 1. The van der Waals surface area contributed by atoms with Crippen molar-refractivity contribution in [2.24, 2.45) is 0 Å². The topological polar surface area (TPSA) is 125 Å². The lowest BCUT2D eigenvalue weighted by atomic mass is 10.1. The molecule has 8 nitrogen and oxygen atoms in total. The van der Waals surface area contributed by atoms with Gasteiger partial charge in [-0.25, -0.2) is 4.79 Å². The Hall–Kier alpha value is -3.89. The molecule has 3 aromatic rings. The Morgan fingerprint density at radius 1 is 1.23 bits per heavy atom. The highest BCUT2D eigenvalue weighted by atomic mass is 19.4. The van der Waals surface area contributed by atoms with Gasteiger partial charge in [0.1, 0.15) is 5.69 Å². The van der Waals surface area contributed by atoms with Gasteiger partial charge >= 0.3 is 12.1 Å². The zero-order valence-electron chi connectivity index (χ0n) is 15.1. The minimum atomic E-state index is -5.08. The molecule has 30 heavy (non-hydrogen) atoms. The van der Waals surface area contributed by atoms with Gasteiger partial charge in [-0.05, 0) is 30.3 Å². The monoisotopic (exact) mass is 421 g/mol. The van der Waals surface area contributed by atoms with Crippen molar-refractivity contribution in [1.29, 1.82) is 0 Å². The van der Waals surface area contributed by atoms with Crippen LogP contribution >= 0.6 is 0 Å². The van der Waals surface area contributed by atoms with E-state index in [1.165, 1.54) is 0 Å². The number of carboxylic acids is 1. The number of hydrogen-bond donors (Lipinski definition) is 3. The smallest absolute Gasteiger partial charge is 0.475 e. The summed E-state index contributed by atoms with van der Waals surface area (Å²) in [5.74, 6) is -2.01. The molecule has 3 aromatic heterocycles. The predicted molar refractivity (Wildman–Crippen MR) is 96.8 cm³/mol. The summed E-state index contributed by atoms with van der Waals surface area (Å²) in [6.45, 7) is 0.647. The SMILES string of the molecule is O=C(O)C(F)(F)F.O=Cc1ccc(-c2cc(-c3cc4c([nH]3)CCNC4=O)ccn2)o1. The van der Waals surface area contributed by atoms with Gasteiger partial charge in [0.05, 0.1) is 5.56 Å². The summed E-state index contributed by atoms with van der Waals surface area (Å²) >= 11 is 0. The van der Waals surface area contributed by atoms with Crippen molar-refractivity contribution in [3.8, 4) is 22.7 Å². The highest BCUT2D eigenvalue weighted by Crippen LogP contribution is 2.27. The number of nitrogens with zero attached hydrogens (tertiary/aromatic N) is 1. The van der Waals surface area contributed by atoms with E-state index in [-0.39, 0.29) is 11.7 Å². The fraction of sp³-hybridized carbons (Fsp3) is 0.158. The molecule has 156 valence electrons. The van der Waals surface area contributed by atoms with Crippen LogP contribution in [0.5, 0.6) is 0 Å². The number of furan rings is 1. The number of amides is 1. The Morgan fingerprint density at radius 3 is 2.57 bits per heavy atom. The number of aromatic amines is 1. The number of rotatable bonds is 3. The number of aliphatic carboxylic acids is 1. The number of aldehydes is 1. The van der Waals surface area contributed by atoms with E-state index in [2.05, 4.69) is 15.3 Å². The van der Waals surface area contributed by atoms with Crippen LogP contribution in [0.15, 0.2) is 40.9 Å². The molecule has 1 aliphatic rings. The Kier molecular flexibility index (Phi) is 5.72. The number of pyridine rings is 1. The van der Waals surface area contributed by atoms with Crippen LogP contribution in [0.1, 0.15) is 26.6 Å². The maximum atomic E-state index is 11.9. The van der Waals surface area contributed by atoms with Gasteiger partial charge in [-0.2, -0.15) is 13.2 Å². The third kappa shape index (κ3) is 4.57. The second-order valence-electron chi connectivity index (χ2n) is 6.13. The molecule has 0 saturated carbocycles. The second kappa shape index (κ2) is 8.23. The van der Waals surface area contributed by atoms with Crippen molar-refractivity contribution in [2.45, 2.75) is 12.6 Å². The molecule has 4 heterocycles. The van der Waals surface area contributed by atoms with Crippen LogP contribution in [0.4, 0.5) is 13.2 Å². The van der Waals surface area contributed by atoms with E-state index in [9.17, 15) is 22.8 Å². The average molecular weight is 421 g/mol. The van der Waals surface area contributed by atoms with Crippen LogP contribution < -0.4 is 5.32 Å². The zero-order valence-corrected chi connectivity index (χ0v) is 15.1. The highest BCUT2D eigenvalue weighted by molar-refractivity contribution is 5.97. The molecule has 0 spiro atoms. The van der Waals surface area contributed by atoms with Crippen LogP contribution in [0.2, 0.25) is 0 Å². The summed E-state index contributed by atoms with van der Waals surface area (Å²) in [5.41, 5.74) is 4.03. The molecule has 1 amide bonds.